The maximum Gasteiger partial charge on any atom is 0.262 e. The maximum atomic E-state index is 12.5. The van der Waals surface area contributed by atoms with E-state index in [9.17, 15) is 8.42 Å². The Labute approximate surface area is 139 Å². The van der Waals surface area contributed by atoms with E-state index in [0.717, 1.165) is 29.9 Å². The van der Waals surface area contributed by atoms with Gasteiger partial charge in [-0.05, 0) is 63.6 Å². The summed E-state index contributed by atoms with van der Waals surface area (Å²) in [4.78, 5) is 2.53. The van der Waals surface area contributed by atoms with E-state index in [1.165, 1.54) is 0 Å². The molecule has 2 rings (SSSR count). The lowest BCUT2D eigenvalue weighted by Gasteiger charge is -2.21. The van der Waals surface area contributed by atoms with Crippen molar-refractivity contribution in [2.45, 2.75) is 32.6 Å². The van der Waals surface area contributed by atoms with Crippen molar-refractivity contribution in [2.24, 2.45) is 0 Å². The van der Waals surface area contributed by atoms with Gasteiger partial charge in [-0.3, -0.25) is 4.72 Å². The summed E-state index contributed by atoms with van der Waals surface area (Å²) in [5.74, 6) is 0. The third-order valence-corrected chi connectivity index (χ3v) is 5.41. The molecule has 0 atom stereocenters. The van der Waals surface area contributed by atoms with Gasteiger partial charge in [0.15, 0.2) is 0 Å². The number of benzene rings is 2. The van der Waals surface area contributed by atoms with Gasteiger partial charge < -0.3 is 4.90 Å². The van der Waals surface area contributed by atoms with Crippen molar-refractivity contribution >= 4 is 21.4 Å². The van der Waals surface area contributed by atoms with Crippen LogP contribution >= 0.6 is 0 Å². The summed E-state index contributed by atoms with van der Waals surface area (Å²) in [7, 11) is -3.57. The molecule has 2 aromatic carbocycles. The van der Waals surface area contributed by atoms with Gasteiger partial charge in [-0.2, -0.15) is 0 Å². The van der Waals surface area contributed by atoms with Crippen LogP contribution in [-0.2, 0) is 10.0 Å². The van der Waals surface area contributed by atoms with E-state index in [-0.39, 0.29) is 0 Å². The Morgan fingerprint density at radius 2 is 1.57 bits per heavy atom. The minimum Gasteiger partial charge on any atom is -0.372 e. The van der Waals surface area contributed by atoms with Crippen LogP contribution in [-0.4, -0.2) is 21.5 Å². The summed E-state index contributed by atoms with van der Waals surface area (Å²) in [6, 6.07) is 12.8. The second-order valence-electron chi connectivity index (χ2n) is 5.59. The Balaban J connectivity index is 2.24. The zero-order valence-corrected chi connectivity index (χ0v) is 14.9. The predicted octanol–water partition coefficient (Wildman–Crippen LogP) is 3.95. The summed E-state index contributed by atoms with van der Waals surface area (Å²) < 4.78 is 27.7. The van der Waals surface area contributed by atoms with Gasteiger partial charge in [0, 0.05) is 24.5 Å². The van der Waals surface area contributed by atoms with E-state index in [0.29, 0.717) is 10.6 Å². The van der Waals surface area contributed by atoms with Crippen LogP contribution in [0.25, 0.3) is 0 Å². The number of nitrogens with one attached hydrogen (secondary N) is 1. The molecule has 2 aromatic rings. The molecule has 0 saturated carbocycles. The summed E-state index contributed by atoms with van der Waals surface area (Å²) in [5, 5.41) is 0. The van der Waals surface area contributed by atoms with Crippen molar-refractivity contribution in [1.29, 1.82) is 0 Å². The van der Waals surface area contributed by atoms with Crippen LogP contribution < -0.4 is 9.62 Å². The SMILES string of the molecule is CCN(CC)c1ccc(NS(=O)(=O)c2ccc(C)cc2C)cc1. The molecule has 0 bridgehead atoms. The van der Waals surface area contributed by atoms with Crippen LogP contribution in [0.1, 0.15) is 25.0 Å². The lowest BCUT2D eigenvalue weighted by Crippen LogP contribution is -2.21. The minimum absolute atomic E-state index is 0.316. The normalized spacial score (nSPS) is 11.3. The highest BCUT2D eigenvalue weighted by atomic mass is 32.2. The molecule has 124 valence electrons. The first-order chi connectivity index (χ1) is 10.9. The fourth-order valence-electron chi connectivity index (χ4n) is 2.64. The van der Waals surface area contributed by atoms with E-state index in [2.05, 4.69) is 23.5 Å². The van der Waals surface area contributed by atoms with Crippen molar-refractivity contribution in [2.75, 3.05) is 22.7 Å². The van der Waals surface area contributed by atoms with Gasteiger partial charge in [0.05, 0.1) is 4.90 Å². The fourth-order valence-corrected chi connectivity index (χ4v) is 3.93. The molecule has 0 aliphatic carbocycles. The summed E-state index contributed by atoms with van der Waals surface area (Å²) >= 11 is 0. The van der Waals surface area contributed by atoms with E-state index in [1.807, 2.05) is 38.1 Å². The van der Waals surface area contributed by atoms with Crippen molar-refractivity contribution < 1.29 is 8.42 Å². The quantitative estimate of drug-likeness (QED) is 0.871. The first kappa shape index (κ1) is 17.3. The van der Waals surface area contributed by atoms with Crippen LogP contribution in [0.3, 0.4) is 0 Å². The highest BCUT2D eigenvalue weighted by molar-refractivity contribution is 7.92. The van der Waals surface area contributed by atoms with Crippen LogP contribution in [0.15, 0.2) is 47.4 Å². The lowest BCUT2D eigenvalue weighted by atomic mass is 10.2. The number of sulfonamides is 1. The molecule has 0 aliphatic rings. The monoisotopic (exact) mass is 332 g/mol. The van der Waals surface area contributed by atoms with Crippen molar-refractivity contribution in [3.8, 4) is 0 Å². The zero-order chi connectivity index (χ0) is 17.0. The Hall–Kier alpha value is -2.01. The standard InChI is InChI=1S/C18H24N2O2S/c1-5-20(6-2)17-10-8-16(9-11-17)19-23(21,22)18-12-7-14(3)13-15(18)4/h7-13,19H,5-6H2,1-4H3. The average molecular weight is 332 g/mol. The third kappa shape index (κ3) is 4.05. The Morgan fingerprint density at radius 1 is 0.957 bits per heavy atom. The molecule has 0 aromatic heterocycles. The van der Waals surface area contributed by atoms with Crippen molar-refractivity contribution in [3.63, 3.8) is 0 Å². The second kappa shape index (κ2) is 7.04. The Kier molecular flexibility index (Phi) is 5.31. The topological polar surface area (TPSA) is 49.4 Å². The Bertz CT molecular complexity index is 764. The molecular formula is C18H24N2O2S. The van der Waals surface area contributed by atoms with E-state index < -0.39 is 10.0 Å². The van der Waals surface area contributed by atoms with Crippen LogP contribution in [0.5, 0.6) is 0 Å². The molecule has 1 N–H and O–H groups in total. The van der Waals surface area contributed by atoms with Crippen LogP contribution in [0.2, 0.25) is 0 Å². The molecule has 0 spiro atoms. The van der Waals surface area contributed by atoms with Gasteiger partial charge in [-0.15, -0.1) is 0 Å². The maximum absolute atomic E-state index is 12.5. The number of hydrogen-bond acceptors (Lipinski definition) is 3. The van der Waals surface area contributed by atoms with E-state index in [1.54, 1.807) is 18.2 Å². The van der Waals surface area contributed by atoms with Gasteiger partial charge in [0.25, 0.3) is 10.0 Å². The number of aryl methyl sites for hydroxylation is 2. The summed E-state index contributed by atoms with van der Waals surface area (Å²) in [6.07, 6.45) is 0. The van der Waals surface area contributed by atoms with Gasteiger partial charge in [0.1, 0.15) is 0 Å². The molecule has 0 heterocycles. The third-order valence-electron chi connectivity index (χ3n) is 3.87. The molecule has 0 amide bonds. The molecule has 5 heteroatoms. The lowest BCUT2D eigenvalue weighted by molar-refractivity contribution is 0.600. The molecule has 0 saturated heterocycles. The molecule has 0 fully saturated rings. The Morgan fingerprint density at radius 3 is 2.09 bits per heavy atom. The van der Waals surface area contributed by atoms with Crippen LogP contribution in [0, 0.1) is 13.8 Å². The largest absolute Gasteiger partial charge is 0.372 e. The van der Waals surface area contributed by atoms with Gasteiger partial charge in [-0.25, -0.2) is 8.42 Å². The average Bonchev–Trinajstić information content (AvgIpc) is 2.49. The van der Waals surface area contributed by atoms with Gasteiger partial charge >= 0.3 is 0 Å². The highest BCUT2D eigenvalue weighted by Crippen LogP contribution is 2.22. The van der Waals surface area contributed by atoms with Crippen molar-refractivity contribution in [3.05, 3.63) is 53.6 Å². The highest BCUT2D eigenvalue weighted by Gasteiger charge is 2.16. The van der Waals surface area contributed by atoms with E-state index >= 15 is 0 Å². The molecule has 4 nitrogen and oxygen atoms in total. The fraction of sp³-hybridized carbons (Fsp3) is 0.333. The number of nitrogens with zero attached hydrogens (tertiary/aromatic N) is 1. The predicted molar refractivity (Wildman–Crippen MR) is 96.7 cm³/mol. The summed E-state index contributed by atoms with van der Waals surface area (Å²) in [6.45, 7) is 9.79. The van der Waals surface area contributed by atoms with Gasteiger partial charge in [0.2, 0.25) is 0 Å². The molecule has 0 unspecified atom stereocenters. The smallest absolute Gasteiger partial charge is 0.262 e. The van der Waals surface area contributed by atoms with E-state index in [4.69, 9.17) is 0 Å². The molecule has 23 heavy (non-hydrogen) atoms. The second-order valence-corrected chi connectivity index (χ2v) is 7.24. The zero-order valence-electron chi connectivity index (χ0n) is 14.1. The minimum atomic E-state index is -3.57. The molecule has 0 aliphatic heterocycles. The first-order valence-electron chi connectivity index (χ1n) is 7.82. The van der Waals surface area contributed by atoms with Crippen LogP contribution in [0.4, 0.5) is 11.4 Å². The molecule has 0 radical (unpaired) electrons. The van der Waals surface area contributed by atoms with Gasteiger partial charge in [-0.1, -0.05) is 17.7 Å². The number of rotatable bonds is 6. The van der Waals surface area contributed by atoms with Crippen molar-refractivity contribution in [1.82, 2.24) is 0 Å². The number of anilines is 2. The number of hydrogen-bond donors (Lipinski definition) is 1. The first-order valence-corrected chi connectivity index (χ1v) is 9.30. The molecular weight excluding hydrogens is 308 g/mol. The summed E-state index contributed by atoms with van der Waals surface area (Å²) in [5.41, 5.74) is 3.45.